The molecule has 0 spiro atoms. The van der Waals surface area contributed by atoms with E-state index in [-0.39, 0.29) is 32.7 Å². The molecule has 0 unspecified atom stereocenters. The van der Waals surface area contributed by atoms with Crippen molar-refractivity contribution in [3.63, 3.8) is 0 Å². The zero-order chi connectivity index (χ0) is 18.1. The Morgan fingerprint density at radius 2 is 1.67 bits per heavy atom. The normalized spacial score (nSPS) is 12.1. The van der Waals surface area contributed by atoms with Crippen molar-refractivity contribution < 1.29 is 21.6 Å². The van der Waals surface area contributed by atoms with Crippen LogP contribution in [-0.4, -0.2) is 23.4 Å². The molecular formula is C15H18N2O5S2. The van der Waals surface area contributed by atoms with Gasteiger partial charge in [0.2, 0.25) is 19.9 Å². The zero-order valence-corrected chi connectivity index (χ0v) is 14.8. The lowest BCUT2D eigenvalue weighted by molar-refractivity contribution is 0.331. The average molecular weight is 370 g/mol. The summed E-state index contributed by atoms with van der Waals surface area (Å²) in [5.41, 5.74) is 6.33. The van der Waals surface area contributed by atoms with Crippen LogP contribution in [0.15, 0.2) is 51.1 Å². The number of sulfone groups is 1. The van der Waals surface area contributed by atoms with E-state index >= 15 is 0 Å². The lowest BCUT2D eigenvalue weighted by Gasteiger charge is -2.14. The van der Waals surface area contributed by atoms with Crippen molar-refractivity contribution in [2.75, 3.05) is 12.3 Å². The van der Waals surface area contributed by atoms with Crippen molar-refractivity contribution in [2.24, 2.45) is 5.14 Å². The van der Waals surface area contributed by atoms with E-state index in [1.165, 1.54) is 30.3 Å². The largest absolute Gasteiger partial charge is 0.492 e. The number of nitrogen functional groups attached to an aromatic ring is 1. The van der Waals surface area contributed by atoms with Gasteiger partial charge < -0.3 is 10.5 Å². The average Bonchev–Trinajstić information content (AvgIpc) is 2.48. The van der Waals surface area contributed by atoms with Gasteiger partial charge in [0, 0.05) is 5.69 Å². The molecule has 0 aromatic heterocycles. The second kappa shape index (κ2) is 6.42. The highest BCUT2D eigenvalue weighted by Gasteiger charge is 2.26. The van der Waals surface area contributed by atoms with Crippen LogP contribution in [0.1, 0.15) is 12.5 Å². The van der Waals surface area contributed by atoms with Gasteiger partial charge in [-0.25, -0.2) is 22.0 Å². The Morgan fingerprint density at radius 3 is 2.25 bits per heavy atom. The maximum atomic E-state index is 13.0. The first-order valence-electron chi connectivity index (χ1n) is 6.98. The minimum atomic E-state index is -4.05. The summed E-state index contributed by atoms with van der Waals surface area (Å²) in [6.45, 7) is 3.55. The minimum Gasteiger partial charge on any atom is -0.492 e. The summed E-state index contributed by atoms with van der Waals surface area (Å²) < 4.78 is 54.4. The van der Waals surface area contributed by atoms with Crippen LogP contribution in [0.5, 0.6) is 5.75 Å². The first-order valence-corrected chi connectivity index (χ1v) is 10.0. The number of ether oxygens (including phenoxy) is 1. The van der Waals surface area contributed by atoms with Crippen molar-refractivity contribution >= 4 is 25.5 Å². The van der Waals surface area contributed by atoms with Crippen molar-refractivity contribution in [3.8, 4) is 5.75 Å². The monoisotopic (exact) mass is 370 g/mol. The van der Waals surface area contributed by atoms with Crippen LogP contribution in [0.2, 0.25) is 0 Å². The number of benzene rings is 2. The van der Waals surface area contributed by atoms with Gasteiger partial charge in [0.25, 0.3) is 0 Å². The predicted octanol–water partition coefficient (Wildman–Crippen LogP) is 1.46. The molecule has 130 valence electrons. The Bertz CT molecular complexity index is 983. The summed E-state index contributed by atoms with van der Waals surface area (Å²) in [6.07, 6.45) is 0. The number of aryl methyl sites for hydroxylation is 1. The van der Waals surface area contributed by atoms with E-state index in [1.54, 1.807) is 13.8 Å². The fraction of sp³-hybridized carbons (Fsp3) is 0.200. The Morgan fingerprint density at radius 1 is 1.00 bits per heavy atom. The van der Waals surface area contributed by atoms with Gasteiger partial charge in [0.05, 0.1) is 16.4 Å². The molecule has 0 aliphatic rings. The number of anilines is 1. The number of sulfonamides is 1. The Kier molecular flexibility index (Phi) is 4.88. The summed E-state index contributed by atoms with van der Waals surface area (Å²) in [5.74, 6) is 0.145. The van der Waals surface area contributed by atoms with E-state index in [0.29, 0.717) is 5.56 Å². The molecule has 0 amide bonds. The maximum Gasteiger partial charge on any atom is 0.238 e. The van der Waals surface area contributed by atoms with Crippen LogP contribution < -0.4 is 15.6 Å². The number of hydrogen-bond acceptors (Lipinski definition) is 6. The number of hydrogen-bond donors (Lipinski definition) is 2. The summed E-state index contributed by atoms with van der Waals surface area (Å²) in [4.78, 5) is -0.576. The third-order valence-electron chi connectivity index (χ3n) is 3.33. The number of rotatable bonds is 5. The highest BCUT2D eigenvalue weighted by molar-refractivity contribution is 7.92. The topological polar surface area (TPSA) is 130 Å². The van der Waals surface area contributed by atoms with E-state index in [4.69, 9.17) is 15.6 Å². The van der Waals surface area contributed by atoms with Gasteiger partial charge in [0.15, 0.2) is 0 Å². The smallest absolute Gasteiger partial charge is 0.238 e. The van der Waals surface area contributed by atoms with E-state index in [1.807, 2.05) is 0 Å². The summed E-state index contributed by atoms with van der Waals surface area (Å²) in [5, 5.41) is 5.09. The van der Waals surface area contributed by atoms with Crippen LogP contribution >= 0.6 is 0 Å². The fourth-order valence-electron chi connectivity index (χ4n) is 2.17. The molecule has 0 fully saturated rings. The summed E-state index contributed by atoms with van der Waals surface area (Å²) in [6, 6.07) is 7.95. The van der Waals surface area contributed by atoms with Gasteiger partial charge >= 0.3 is 0 Å². The molecule has 0 heterocycles. The van der Waals surface area contributed by atoms with Gasteiger partial charge in [-0.15, -0.1) is 0 Å². The van der Waals surface area contributed by atoms with Gasteiger partial charge in [0.1, 0.15) is 10.6 Å². The molecule has 0 atom stereocenters. The molecule has 7 nitrogen and oxygen atoms in total. The standard InChI is InChI=1S/C15H18N2O5S2/c1-3-22-13-7-5-11(16)8-15(13)23(18,19)14-9-12(24(17,20)21)6-4-10(14)2/h4-9H,3,16H2,1-2H3,(H2,17,20,21). The molecule has 0 saturated heterocycles. The Labute approximate surface area is 141 Å². The molecule has 0 radical (unpaired) electrons. The van der Waals surface area contributed by atoms with Crippen molar-refractivity contribution in [2.45, 2.75) is 28.5 Å². The first kappa shape index (κ1) is 18.2. The lowest BCUT2D eigenvalue weighted by atomic mass is 10.2. The van der Waals surface area contributed by atoms with Crippen molar-refractivity contribution in [1.82, 2.24) is 0 Å². The quantitative estimate of drug-likeness (QED) is 0.766. The molecule has 0 saturated carbocycles. The van der Waals surface area contributed by atoms with Crippen LogP contribution in [0.3, 0.4) is 0 Å². The van der Waals surface area contributed by atoms with Crippen molar-refractivity contribution in [3.05, 3.63) is 42.0 Å². The summed E-state index contributed by atoms with van der Waals surface area (Å²) >= 11 is 0. The fourth-order valence-corrected chi connectivity index (χ4v) is 4.48. The molecule has 9 heteroatoms. The Balaban J connectivity index is 2.75. The third-order valence-corrected chi connectivity index (χ3v) is 6.16. The van der Waals surface area contributed by atoms with Gasteiger partial charge in [-0.2, -0.15) is 0 Å². The van der Waals surface area contributed by atoms with Crippen LogP contribution in [0.4, 0.5) is 5.69 Å². The molecule has 0 bridgehead atoms. The second-order valence-electron chi connectivity index (χ2n) is 5.11. The molecule has 0 aliphatic heterocycles. The van der Waals surface area contributed by atoms with Gasteiger partial charge in [-0.3, -0.25) is 0 Å². The molecule has 24 heavy (non-hydrogen) atoms. The summed E-state index contributed by atoms with van der Waals surface area (Å²) in [7, 11) is -8.09. The van der Waals surface area contributed by atoms with E-state index in [2.05, 4.69) is 0 Å². The van der Waals surface area contributed by atoms with Crippen LogP contribution in [-0.2, 0) is 19.9 Å². The highest BCUT2D eigenvalue weighted by Crippen LogP contribution is 2.33. The molecule has 2 rings (SSSR count). The number of nitrogens with two attached hydrogens (primary N) is 2. The first-order chi connectivity index (χ1) is 11.1. The zero-order valence-electron chi connectivity index (χ0n) is 13.2. The molecule has 2 aromatic rings. The van der Waals surface area contributed by atoms with Crippen LogP contribution in [0.25, 0.3) is 0 Å². The third kappa shape index (κ3) is 3.53. The van der Waals surface area contributed by atoms with Crippen molar-refractivity contribution in [1.29, 1.82) is 0 Å². The van der Waals surface area contributed by atoms with E-state index in [0.717, 1.165) is 6.07 Å². The molecule has 0 aliphatic carbocycles. The SMILES string of the molecule is CCOc1ccc(N)cc1S(=O)(=O)c1cc(S(N)(=O)=O)ccc1C. The van der Waals surface area contributed by atoms with Gasteiger partial charge in [-0.05, 0) is 49.7 Å². The molecule has 2 aromatic carbocycles. The second-order valence-corrected chi connectivity index (χ2v) is 8.56. The molecule has 4 N–H and O–H groups in total. The van der Waals surface area contributed by atoms with E-state index < -0.39 is 19.9 Å². The Hall–Kier alpha value is -2.10. The molecular weight excluding hydrogens is 352 g/mol. The highest BCUT2D eigenvalue weighted by atomic mass is 32.2. The minimum absolute atomic E-state index is 0.126. The maximum absolute atomic E-state index is 13.0. The lowest BCUT2D eigenvalue weighted by Crippen LogP contribution is -2.14. The number of primary sulfonamides is 1. The van der Waals surface area contributed by atoms with Crippen LogP contribution in [0, 0.1) is 6.92 Å². The van der Waals surface area contributed by atoms with E-state index in [9.17, 15) is 16.8 Å². The predicted molar refractivity (Wildman–Crippen MR) is 90.0 cm³/mol. The van der Waals surface area contributed by atoms with Gasteiger partial charge in [-0.1, -0.05) is 6.07 Å².